The molecule has 0 radical (unpaired) electrons. The van der Waals surface area contributed by atoms with E-state index < -0.39 is 0 Å². The Kier molecular flexibility index (Phi) is 7.25. The average Bonchev–Trinajstić information content (AvgIpc) is 3.29. The molecule has 3 rings (SSSR count). The van der Waals surface area contributed by atoms with Crippen LogP contribution in [0.3, 0.4) is 0 Å². The Balaban J connectivity index is 1.70. The van der Waals surface area contributed by atoms with E-state index in [0.29, 0.717) is 23.7 Å². The summed E-state index contributed by atoms with van der Waals surface area (Å²) >= 11 is 0. The third kappa shape index (κ3) is 5.68. The van der Waals surface area contributed by atoms with Crippen molar-refractivity contribution in [3.8, 4) is 11.1 Å². The lowest BCUT2D eigenvalue weighted by Gasteiger charge is -2.22. The molecule has 0 saturated carbocycles. The van der Waals surface area contributed by atoms with Gasteiger partial charge in [-0.3, -0.25) is 9.59 Å². The van der Waals surface area contributed by atoms with E-state index in [1.54, 1.807) is 51.0 Å². The number of hydrogen-bond donors (Lipinski definition) is 3. The van der Waals surface area contributed by atoms with Crippen LogP contribution in [0.1, 0.15) is 35.0 Å². The van der Waals surface area contributed by atoms with Gasteiger partial charge in [0.25, 0.3) is 11.8 Å². The molecule has 0 unspecified atom stereocenters. The molecule has 2 aromatic heterocycles. The molecule has 1 aromatic carbocycles. The molecule has 0 fully saturated rings. The van der Waals surface area contributed by atoms with Gasteiger partial charge in [0.15, 0.2) is 5.82 Å². The molecule has 0 atom stereocenters. The van der Waals surface area contributed by atoms with Gasteiger partial charge in [-0.1, -0.05) is 33.7 Å². The van der Waals surface area contributed by atoms with Crippen molar-refractivity contribution in [2.45, 2.75) is 18.6 Å². The molecule has 10 heteroatoms. The van der Waals surface area contributed by atoms with Crippen molar-refractivity contribution < 1.29 is 9.59 Å². The Morgan fingerprint density at radius 1 is 1.06 bits per heavy atom. The summed E-state index contributed by atoms with van der Waals surface area (Å²) < 4.78 is 3.25. The smallest absolute Gasteiger partial charge is 0.287 e. The number of nitrogen functional groups attached to an aromatic ring is 1. The van der Waals surface area contributed by atoms with Gasteiger partial charge in [-0.2, -0.15) is 0 Å². The molecule has 2 amide bonds. The number of nitrogens with one attached hydrogen (secondary N) is 2. The molecule has 0 saturated heterocycles. The van der Waals surface area contributed by atoms with E-state index in [4.69, 9.17) is 5.73 Å². The molecule has 3 aromatic rings. The van der Waals surface area contributed by atoms with E-state index in [1.165, 1.54) is 0 Å². The molecule has 0 aliphatic heterocycles. The number of imidazole rings is 1. The van der Waals surface area contributed by atoms with Crippen molar-refractivity contribution in [2.75, 3.05) is 23.9 Å². The molecule has 0 bridgehead atoms. The zero-order valence-electron chi connectivity index (χ0n) is 18.8. The van der Waals surface area contributed by atoms with Gasteiger partial charge >= 0.3 is 0 Å². The molecule has 4 N–H and O–H groups in total. The molecule has 8 nitrogen and oxygen atoms in total. The highest BCUT2D eigenvalue weighted by atomic mass is 33.1. The maximum Gasteiger partial charge on any atom is 0.287 e. The number of aryl methyl sites for hydroxylation is 2. The summed E-state index contributed by atoms with van der Waals surface area (Å²) in [5, 5.41) is 5.70. The number of nitrogens with two attached hydrogens (primary N) is 1. The fourth-order valence-corrected chi connectivity index (χ4v) is 5.28. The fraction of sp³-hybridized carbons (Fsp3) is 0.318. The van der Waals surface area contributed by atoms with E-state index >= 15 is 0 Å². The third-order valence-electron chi connectivity index (χ3n) is 4.79. The van der Waals surface area contributed by atoms with Crippen molar-refractivity contribution in [3.05, 3.63) is 54.2 Å². The first-order valence-corrected chi connectivity index (χ1v) is 12.5. The zero-order chi connectivity index (χ0) is 23.5. The van der Waals surface area contributed by atoms with Gasteiger partial charge in [0.2, 0.25) is 5.82 Å². The van der Waals surface area contributed by atoms with E-state index in [2.05, 4.69) is 29.5 Å². The highest BCUT2D eigenvalue weighted by Crippen LogP contribution is 2.32. The Bertz CT molecular complexity index is 1120. The molecule has 170 valence electrons. The van der Waals surface area contributed by atoms with Crippen LogP contribution >= 0.6 is 21.6 Å². The van der Waals surface area contributed by atoms with Crippen LogP contribution in [-0.4, -0.2) is 43.5 Å². The molecular formula is C22H28N6O2S2. The van der Waals surface area contributed by atoms with Crippen LogP contribution < -0.4 is 16.4 Å². The van der Waals surface area contributed by atoms with Crippen LogP contribution in [0.25, 0.3) is 11.1 Å². The van der Waals surface area contributed by atoms with E-state index in [0.717, 1.165) is 11.1 Å². The largest absolute Gasteiger partial charge is 0.399 e. The Morgan fingerprint density at radius 2 is 1.75 bits per heavy atom. The fourth-order valence-electron chi connectivity index (χ4n) is 3.17. The maximum absolute atomic E-state index is 12.8. The van der Waals surface area contributed by atoms with Crippen LogP contribution in [0.2, 0.25) is 0 Å². The summed E-state index contributed by atoms with van der Waals surface area (Å²) in [7, 11) is 6.89. The van der Waals surface area contributed by atoms with E-state index in [-0.39, 0.29) is 22.4 Å². The molecule has 2 heterocycles. The minimum atomic E-state index is -0.309. The topological polar surface area (TPSA) is 107 Å². The maximum atomic E-state index is 12.8. The van der Waals surface area contributed by atoms with Crippen LogP contribution in [0, 0.1) is 0 Å². The normalized spacial score (nSPS) is 11.4. The molecule has 32 heavy (non-hydrogen) atoms. The summed E-state index contributed by atoms with van der Waals surface area (Å²) in [6, 6.07) is 9.28. The van der Waals surface area contributed by atoms with Crippen molar-refractivity contribution in [2.24, 2.45) is 14.1 Å². The first-order valence-electron chi connectivity index (χ1n) is 9.96. The van der Waals surface area contributed by atoms with Crippen LogP contribution in [0.15, 0.2) is 42.7 Å². The Morgan fingerprint density at radius 3 is 2.41 bits per heavy atom. The number of amides is 2. The van der Waals surface area contributed by atoms with Gasteiger partial charge in [0, 0.05) is 49.0 Å². The highest BCUT2D eigenvalue weighted by Gasteiger charge is 2.22. The summed E-state index contributed by atoms with van der Waals surface area (Å²) in [5.41, 5.74) is 8.79. The van der Waals surface area contributed by atoms with Crippen LogP contribution in [0.4, 0.5) is 11.5 Å². The number of carbonyl (C=O) groups excluding carboxylic acids is 2. The lowest BCUT2D eigenvalue weighted by atomic mass is 10.1. The van der Waals surface area contributed by atoms with Crippen LogP contribution in [0.5, 0.6) is 0 Å². The standard InChI is InChI=1S/C22H28N6O2S2/c1-22(2,32-31-5)13-24-21(30)19-25-18(12-28(19)4)26-20(29)17-10-15(11-27(17)3)14-6-8-16(23)9-7-14/h6-12H,13,23H2,1-5H3,(H,24,30)(H,26,29). The van der Waals surface area contributed by atoms with Gasteiger partial charge in [0.05, 0.1) is 0 Å². The van der Waals surface area contributed by atoms with Crippen molar-refractivity contribution in [1.29, 1.82) is 0 Å². The number of anilines is 2. The summed E-state index contributed by atoms with van der Waals surface area (Å²) in [4.78, 5) is 29.7. The number of nitrogens with zero attached hydrogens (tertiary/aromatic N) is 3. The first kappa shape index (κ1) is 23.8. The minimum Gasteiger partial charge on any atom is -0.399 e. The van der Waals surface area contributed by atoms with Gasteiger partial charge in [0.1, 0.15) is 5.69 Å². The van der Waals surface area contributed by atoms with Crippen molar-refractivity contribution in [3.63, 3.8) is 0 Å². The highest BCUT2D eigenvalue weighted by molar-refractivity contribution is 8.76. The second kappa shape index (κ2) is 9.74. The monoisotopic (exact) mass is 472 g/mol. The molecule has 0 aliphatic carbocycles. The summed E-state index contributed by atoms with van der Waals surface area (Å²) in [6.45, 7) is 4.64. The lowest BCUT2D eigenvalue weighted by Crippen LogP contribution is -2.36. The Hall–Kier alpha value is -2.85. The molecular weight excluding hydrogens is 444 g/mol. The Labute approximate surface area is 195 Å². The van der Waals surface area contributed by atoms with Crippen molar-refractivity contribution >= 4 is 44.9 Å². The average molecular weight is 473 g/mol. The first-order chi connectivity index (χ1) is 15.1. The van der Waals surface area contributed by atoms with E-state index in [1.807, 2.05) is 42.8 Å². The predicted octanol–water partition coefficient (Wildman–Crippen LogP) is 3.78. The van der Waals surface area contributed by atoms with Gasteiger partial charge in [-0.15, -0.1) is 0 Å². The van der Waals surface area contributed by atoms with Gasteiger partial charge in [-0.05, 0) is 43.9 Å². The molecule has 0 spiro atoms. The lowest BCUT2D eigenvalue weighted by molar-refractivity contribution is 0.0936. The third-order valence-corrected chi connectivity index (χ3v) is 7.40. The SMILES string of the molecule is CSSC(C)(C)CNC(=O)c1nc(NC(=O)c2cc(-c3ccc(N)cc3)cn2C)cn1C. The van der Waals surface area contributed by atoms with Gasteiger partial charge < -0.3 is 25.5 Å². The predicted molar refractivity (Wildman–Crippen MR) is 134 cm³/mol. The number of carbonyl (C=O) groups is 2. The summed E-state index contributed by atoms with van der Waals surface area (Å²) in [6.07, 6.45) is 5.51. The summed E-state index contributed by atoms with van der Waals surface area (Å²) in [5.74, 6) is -0.0423. The minimum absolute atomic E-state index is 0.105. The van der Waals surface area contributed by atoms with Crippen LogP contribution in [-0.2, 0) is 14.1 Å². The zero-order valence-corrected chi connectivity index (χ0v) is 20.4. The number of hydrogen-bond acceptors (Lipinski definition) is 6. The van der Waals surface area contributed by atoms with Gasteiger partial charge in [-0.25, -0.2) is 4.98 Å². The number of rotatable bonds is 8. The molecule has 0 aliphatic rings. The number of benzene rings is 1. The quantitative estimate of drug-likeness (QED) is 0.340. The second-order valence-electron chi connectivity index (χ2n) is 8.05. The second-order valence-corrected chi connectivity index (χ2v) is 11.2. The van der Waals surface area contributed by atoms with Crippen molar-refractivity contribution in [1.82, 2.24) is 19.4 Å². The van der Waals surface area contributed by atoms with E-state index in [9.17, 15) is 9.59 Å². The number of aromatic nitrogens is 3.